The Morgan fingerprint density at radius 3 is 2.80 bits per heavy atom. The molecule has 2 N–H and O–H groups in total. The monoisotopic (exact) mass is 297 g/mol. The lowest BCUT2D eigenvalue weighted by atomic mass is 10.2. The van der Waals surface area contributed by atoms with E-state index in [1.807, 2.05) is 19.1 Å². The molecule has 1 saturated carbocycles. The molecule has 20 heavy (non-hydrogen) atoms. The zero-order valence-corrected chi connectivity index (χ0v) is 12.9. The molecule has 0 saturated heterocycles. The van der Waals surface area contributed by atoms with Gasteiger partial charge in [0.2, 0.25) is 0 Å². The van der Waals surface area contributed by atoms with Gasteiger partial charge in [-0.05, 0) is 31.9 Å². The summed E-state index contributed by atoms with van der Waals surface area (Å²) in [7, 11) is 0. The molecule has 0 radical (unpaired) electrons. The van der Waals surface area contributed by atoms with Crippen molar-refractivity contribution in [2.24, 2.45) is 0 Å². The summed E-state index contributed by atoms with van der Waals surface area (Å²) >= 11 is 6.27. The van der Waals surface area contributed by atoms with Crippen LogP contribution in [0.25, 0.3) is 0 Å². The Labute approximate surface area is 126 Å². The highest BCUT2D eigenvalue weighted by Gasteiger charge is 2.23. The molecular weight excluding hydrogens is 274 g/mol. The topological polar surface area (TPSA) is 48.4 Å². The third-order valence-electron chi connectivity index (χ3n) is 3.86. The molecule has 0 spiro atoms. The van der Waals surface area contributed by atoms with Crippen molar-refractivity contribution in [1.29, 1.82) is 0 Å². The number of hydrogen-bond donors (Lipinski definition) is 2. The maximum Gasteiger partial charge on any atom is 0.126 e. The van der Waals surface area contributed by atoms with E-state index in [2.05, 4.69) is 15.2 Å². The fraction of sp³-hybridized carbons (Fsp3) is 0.667. The van der Waals surface area contributed by atoms with E-state index in [1.165, 1.54) is 25.7 Å². The molecule has 1 aliphatic rings. The Morgan fingerprint density at radius 2 is 2.15 bits per heavy atom. The minimum absolute atomic E-state index is 0.182. The fourth-order valence-electron chi connectivity index (χ4n) is 2.86. The van der Waals surface area contributed by atoms with Crippen LogP contribution in [0.5, 0.6) is 0 Å². The molecule has 1 aromatic heterocycles. The number of rotatable bonds is 7. The Kier molecular flexibility index (Phi) is 6.07. The fourth-order valence-corrected chi connectivity index (χ4v) is 3.02. The second-order valence-corrected chi connectivity index (χ2v) is 5.69. The Balaban J connectivity index is 2.10. The molecule has 1 heterocycles. The molecule has 1 fully saturated rings. The summed E-state index contributed by atoms with van der Waals surface area (Å²) in [4.78, 5) is 6.91. The summed E-state index contributed by atoms with van der Waals surface area (Å²) in [6, 6.07) is 4.36. The number of nitrogens with one attached hydrogen (secondary N) is 1. The van der Waals surface area contributed by atoms with Gasteiger partial charge in [-0.25, -0.2) is 4.98 Å². The Bertz CT molecular complexity index is 422. The maximum atomic E-state index is 9.28. The molecule has 0 aromatic carbocycles. The van der Waals surface area contributed by atoms with Crippen molar-refractivity contribution < 1.29 is 5.11 Å². The van der Waals surface area contributed by atoms with E-state index in [-0.39, 0.29) is 6.61 Å². The number of nitrogens with zero attached hydrogens (tertiary/aromatic N) is 2. The van der Waals surface area contributed by atoms with Crippen molar-refractivity contribution in [2.45, 2.75) is 45.2 Å². The average Bonchev–Trinajstić information content (AvgIpc) is 2.96. The SMILES string of the molecule is CCNc1ccc(Cl)c(CN(CCO)C2CCCC2)n1. The molecule has 0 aliphatic heterocycles. The van der Waals surface area contributed by atoms with E-state index in [4.69, 9.17) is 11.6 Å². The van der Waals surface area contributed by atoms with Crippen LogP contribution in [0.3, 0.4) is 0 Å². The number of aromatic nitrogens is 1. The zero-order chi connectivity index (χ0) is 14.4. The highest BCUT2D eigenvalue weighted by molar-refractivity contribution is 6.31. The predicted molar refractivity (Wildman–Crippen MR) is 83.2 cm³/mol. The van der Waals surface area contributed by atoms with Gasteiger partial charge in [-0.15, -0.1) is 0 Å². The molecule has 1 aromatic rings. The summed E-state index contributed by atoms with van der Waals surface area (Å²) in [6.45, 7) is 4.47. The van der Waals surface area contributed by atoms with Crippen LogP contribution in [0.1, 0.15) is 38.3 Å². The van der Waals surface area contributed by atoms with E-state index < -0.39 is 0 Å². The third-order valence-corrected chi connectivity index (χ3v) is 4.20. The van der Waals surface area contributed by atoms with E-state index in [0.29, 0.717) is 24.2 Å². The minimum Gasteiger partial charge on any atom is -0.395 e. The van der Waals surface area contributed by atoms with Gasteiger partial charge in [0.25, 0.3) is 0 Å². The first kappa shape index (κ1) is 15.5. The lowest BCUT2D eigenvalue weighted by Crippen LogP contribution is -2.35. The second-order valence-electron chi connectivity index (χ2n) is 5.29. The highest BCUT2D eigenvalue weighted by atomic mass is 35.5. The maximum absolute atomic E-state index is 9.28. The lowest BCUT2D eigenvalue weighted by Gasteiger charge is -2.28. The number of aliphatic hydroxyl groups is 1. The molecule has 0 amide bonds. The van der Waals surface area contributed by atoms with Crippen molar-refractivity contribution in [1.82, 2.24) is 9.88 Å². The van der Waals surface area contributed by atoms with Crippen LogP contribution < -0.4 is 5.32 Å². The van der Waals surface area contributed by atoms with Gasteiger partial charge in [0.05, 0.1) is 17.3 Å². The van der Waals surface area contributed by atoms with Gasteiger partial charge in [-0.3, -0.25) is 4.90 Å². The first-order valence-corrected chi connectivity index (χ1v) is 7.86. The van der Waals surface area contributed by atoms with E-state index >= 15 is 0 Å². The standard InChI is InChI=1S/C15H24ClN3O/c1-2-17-15-8-7-13(16)14(18-15)11-19(9-10-20)12-5-3-4-6-12/h7-8,12,20H,2-6,9-11H2,1H3,(H,17,18). The van der Waals surface area contributed by atoms with Gasteiger partial charge < -0.3 is 10.4 Å². The largest absolute Gasteiger partial charge is 0.395 e. The van der Waals surface area contributed by atoms with Crippen molar-refractivity contribution in [2.75, 3.05) is 25.0 Å². The molecule has 4 nitrogen and oxygen atoms in total. The molecule has 0 bridgehead atoms. The number of aliphatic hydroxyl groups excluding tert-OH is 1. The summed E-state index contributed by atoms with van der Waals surface area (Å²) in [5.74, 6) is 0.863. The summed E-state index contributed by atoms with van der Waals surface area (Å²) in [5.41, 5.74) is 0.894. The van der Waals surface area contributed by atoms with Crippen LogP contribution in [0.2, 0.25) is 5.02 Å². The van der Waals surface area contributed by atoms with Crippen LogP contribution >= 0.6 is 11.6 Å². The average molecular weight is 298 g/mol. The third kappa shape index (κ3) is 4.08. The normalized spacial score (nSPS) is 16.0. The molecular formula is C15H24ClN3O. The number of anilines is 1. The van der Waals surface area contributed by atoms with E-state index in [9.17, 15) is 5.11 Å². The molecule has 1 aliphatic carbocycles. The highest BCUT2D eigenvalue weighted by Crippen LogP contribution is 2.26. The van der Waals surface area contributed by atoms with E-state index in [1.54, 1.807) is 0 Å². The van der Waals surface area contributed by atoms with Crippen molar-refractivity contribution in [3.8, 4) is 0 Å². The van der Waals surface area contributed by atoms with Gasteiger partial charge >= 0.3 is 0 Å². The summed E-state index contributed by atoms with van der Waals surface area (Å²) in [5, 5.41) is 13.2. The Morgan fingerprint density at radius 1 is 1.40 bits per heavy atom. The van der Waals surface area contributed by atoms with Crippen LogP contribution in [0.15, 0.2) is 12.1 Å². The Hall–Kier alpha value is -0.840. The smallest absolute Gasteiger partial charge is 0.126 e. The first-order valence-electron chi connectivity index (χ1n) is 7.48. The predicted octanol–water partition coefficient (Wildman–Crippen LogP) is 2.90. The van der Waals surface area contributed by atoms with Gasteiger partial charge in [-0.1, -0.05) is 24.4 Å². The van der Waals surface area contributed by atoms with Gasteiger partial charge in [0.15, 0.2) is 0 Å². The molecule has 112 valence electrons. The molecule has 2 rings (SSSR count). The number of halogens is 1. The van der Waals surface area contributed by atoms with Crippen LogP contribution in [0, 0.1) is 0 Å². The second kappa shape index (κ2) is 7.81. The van der Waals surface area contributed by atoms with Crippen LogP contribution in [-0.4, -0.2) is 40.7 Å². The summed E-state index contributed by atoms with van der Waals surface area (Å²) < 4.78 is 0. The van der Waals surface area contributed by atoms with Gasteiger partial charge in [0.1, 0.15) is 5.82 Å². The van der Waals surface area contributed by atoms with Crippen molar-refractivity contribution >= 4 is 17.4 Å². The number of pyridine rings is 1. The van der Waals surface area contributed by atoms with E-state index in [0.717, 1.165) is 18.1 Å². The summed E-state index contributed by atoms with van der Waals surface area (Å²) in [6.07, 6.45) is 4.99. The van der Waals surface area contributed by atoms with Crippen LogP contribution in [0.4, 0.5) is 5.82 Å². The first-order chi connectivity index (χ1) is 9.74. The molecule has 0 unspecified atom stereocenters. The van der Waals surface area contributed by atoms with Crippen molar-refractivity contribution in [3.63, 3.8) is 0 Å². The molecule has 0 atom stereocenters. The zero-order valence-electron chi connectivity index (χ0n) is 12.1. The lowest BCUT2D eigenvalue weighted by molar-refractivity contribution is 0.143. The van der Waals surface area contributed by atoms with Gasteiger partial charge in [-0.2, -0.15) is 0 Å². The molecule has 5 heteroatoms. The number of hydrogen-bond acceptors (Lipinski definition) is 4. The van der Waals surface area contributed by atoms with Gasteiger partial charge in [0, 0.05) is 25.7 Å². The van der Waals surface area contributed by atoms with Crippen molar-refractivity contribution in [3.05, 3.63) is 22.8 Å². The minimum atomic E-state index is 0.182. The quantitative estimate of drug-likeness (QED) is 0.812. The van der Waals surface area contributed by atoms with Crippen LogP contribution in [-0.2, 0) is 6.54 Å².